The standard InChI is InChI=1S/C11H15NO4/c1-3-12-6-5-8(11(15)16-4-2)9(12)7-10(13)14/h5-6H,3-4,7H2,1-2H3,(H,13,14). The second kappa shape index (κ2) is 5.34. The Morgan fingerprint density at radius 2 is 2.12 bits per heavy atom. The van der Waals surface area contributed by atoms with Crippen LogP contribution in [0.3, 0.4) is 0 Å². The number of ether oxygens (including phenoxy) is 1. The fourth-order valence-electron chi connectivity index (χ4n) is 1.54. The van der Waals surface area contributed by atoms with Gasteiger partial charge in [0.05, 0.1) is 18.6 Å². The van der Waals surface area contributed by atoms with E-state index in [0.29, 0.717) is 17.8 Å². The fraction of sp³-hybridized carbons (Fsp3) is 0.455. The number of carboxylic acids is 1. The van der Waals surface area contributed by atoms with Gasteiger partial charge in [0.15, 0.2) is 0 Å². The Balaban J connectivity index is 3.03. The zero-order valence-corrected chi connectivity index (χ0v) is 9.40. The SMILES string of the molecule is CCOC(=O)c1ccn(CC)c1CC(=O)O. The van der Waals surface area contributed by atoms with Crippen LogP contribution in [-0.2, 0) is 22.5 Å². The molecule has 0 fully saturated rings. The van der Waals surface area contributed by atoms with E-state index in [1.54, 1.807) is 23.8 Å². The Hall–Kier alpha value is -1.78. The molecule has 16 heavy (non-hydrogen) atoms. The van der Waals surface area contributed by atoms with E-state index in [9.17, 15) is 9.59 Å². The van der Waals surface area contributed by atoms with Gasteiger partial charge < -0.3 is 14.4 Å². The maximum atomic E-state index is 11.5. The zero-order valence-electron chi connectivity index (χ0n) is 9.40. The topological polar surface area (TPSA) is 68.5 Å². The average molecular weight is 225 g/mol. The number of aliphatic carboxylic acids is 1. The maximum absolute atomic E-state index is 11.5. The summed E-state index contributed by atoms with van der Waals surface area (Å²) in [4.78, 5) is 22.2. The van der Waals surface area contributed by atoms with Crippen molar-refractivity contribution in [2.24, 2.45) is 0 Å². The van der Waals surface area contributed by atoms with E-state index in [-0.39, 0.29) is 13.0 Å². The number of carbonyl (C=O) groups excluding carboxylic acids is 1. The van der Waals surface area contributed by atoms with Crippen LogP contribution in [0.25, 0.3) is 0 Å². The van der Waals surface area contributed by atoms with E-state index >= 15 is 0 Å². The van der Waals surface area contributed by atoms with E-state index in [4.69, 9.17) is 9.84 Å². The normalized spacial score (nSPS) is 10.1. The Morgan fingerprint density at radius 3 is 2.62 bits per heavy atom. The third kappa shape index (κ3) is 2.62. The minimum absolute atomic E-state index is 0.172. The van der Waals surface area contributed by atoms with Crippen molar-refractivity contribution in [2.45, 2.75) is 26.8 Å². The van der Waals surface area contributed by atoms with E-state index in [1.165, 1.54) is 0 Å². The lowest BCUT2D eigenvalue weighted by Crippen LogP contribution is -2.13. The highest BCUT2D eigenvalue weighted by molar-refractivity contribution is 5.92. The largest absolute Gasteiger partial charge is 0.481 e. The minimum atomic E-state index is -0.959. The molecular formula is C11H15NO4. The fourth-order valence-corrected chi connectivity index (χ4v) is 1.54. The zero-order chi connectivity index (χ0) is 12.1. The van der Waals surface area contributed by atoms with Gasteiger partial charge in [-0.2, -0.15) is 0 Å². The molecule has 0 aliphatic rings. The van der Waals surface area contributed by atoms with E-state index in [0.717, 1.165) is 0 Å². The number of aryl methyl sites for hydroxylation is 1. The van der Waals surface area contributed by atoms with Crippen LogP contribution in [0.1, 0.15) is 29.9 Å². The first-order chi connectivity index (χ1) is 7.60. The van der Waals surface area contributed by atoms with Gasteiger partial charge in [-0.3, -0.25) is 4.79 Å². The molecule has 88 valence electrons. The van der Waals surface area contributed by atoms with Crippen molar-refractivity contribution >= 4 is 11.9 Å². The molecule has 0 aromatic carbocycles. The molecule has 1 aromatic heterocycles. The van der Waals surface area contributed by atoms with Crippen molar-refractivity contribution in [3.05, 3.63) is 23.5 Å². The summed E-state index contributed by atoms with van der Waals surface area (Å²) in [5.74, 6) is -1.43. The summed E-state index contributed by atoms with van der Waals surface area (Å²) in [7, 11) is 0. The molecule has 0 saturated heterocycles. The highest BCUT2D eigenvalue weighted by atomic mass is 16.5. The Morgan fingerprint density at radius 1 is 1.44 bits per heavy atom. The third-order valence-corrected chi connectivity index (χ3v) is 2.23. The molecule has 0 saturated carbocycles. The average Bonchev–Trinajstić information content (AvgIpc) is 2.60. The van der Waals surface area contributed by atoms with Gasteiger partial charge in [0.1, 0.15) is 0 Å². The summed E-state index contributed by atoms with van der Waals surface area (Å²) in [6.07, 6.45) is 1.53. The van der Waals surface area contributed by atoms with E-state index in [1.807, 2.05) is 6.92 Å². The molecule has 0 aliphatic carbocycles. The van der Waals surface area contributed by atoms with Crippen molar-refractivity contribution in [3.63, 3.8) is 0 Å². The van der Waals surface area contributed by atoms with Gasteiger partial charge in [-0.25, -0.2) is 4.79 Å². The van der Waals surface area contributed by atoms with Crippen molar-refractivity contribution in [2.75, 3.05) is 6.61 Å². The van der Waals surface area contributed by atoms with Crippen LogP contribution in [0.5, 0.6) is 0 Å². The molecule has 1 rings (SSSR count). The summed E-state index contributed by atoms with van der Waals surface area (Å²) >= 11 is 0. The van der Waals surface area contributed by atoms with Crippen LogP contribution in [0.2, 0.25) is 0 Å². The second-order valence-electron chi connectivity index (χ2n) is 3.25. The number of hydrogen-bond acceptors (Lipinski definition) is 3. The smallest absolute Gasteiger partial charge is 0.339 e. The summed E-state index contributed by atoms with van der Waals surface area (Å²) in [5, 5.41) is 8.78. The molecule has 1 aromatic rings. The molecule has 1 heterocycles. The minimum Gasteiger partial charge on any atom is -0.481 e. The molecule has 0 spiro atoms. The lowest BCUT2D eigenvalue weighted by Gasteiger charge is -2.06. The van der Waals surface area contributed by atoms with Crippen LogP contribution < -0.4 is 0 Å². The number of carbonyl (C=O) groups is 2. The first-order valence-corrected chi connectivity index (χ1v) is 5.17. The second-order valence-corrected chi connectivity index (χ2v) is 3.25. The molecule has 0 unspecified atom stereocenters. The molecule has 5 heteroatoms. The van der Waals surface area contributed by atoms with Crippen molar-refractivity contribution in [3.8, 4) is 0 Å². The van der Waals surface area contributed by atoms with Gasteiger partial charge in [-0.05, 0) is 19.9 Å². The number of hydrogen-bond donors (Lipinski definition) is 1. The molecule has 0 aliphatic heterocycles. The molecule has 1 N–H and O–H groups in total. The summed E-state index contributed by atoms with van der Waals surface area (Å²) in [5.41, 5.74) is 0.833. The number of nitrogens with zero attached hydrogens (tertiary/aromatic N) is 1. The molecular weight excluding hydrogens is 210 g/mol. The highest BCUT2D eigenvalue weighted by Crippen LogP contribution is 2.13. The Bertz CT molecular complexity index is 395. The predicted octanol–water partition coefficient (Wildman–Crippen LogP) is 1.31. The molecule has 0 atom stereocenters. The number of esters is 1. The van der Waals surface area contributed by atoms with Crippen molar-refractivity contribution in [1.82, 2.24) is 4.57 Å². The lowest BCUT2D eigenvalue weighted by molar-refractivity contribution is -0.136. The van der Waals surface area contributed by atoms with Gasteiger partial charge in [0.25, 0.3) is 0 Å². The van der Waals surface area contributed by atoms with Gasteiger partial charge in [0, 0.05) is 18.4 Å². The first kappa shape index (κ1) is 12.3. The van der Waals surface area contributed by atoms with Gasteiger partial charge in [-0.15, -0.1) is 0 Å². The predicted molar refractivity (Wildman–Crippen MR) is 57.4 cm³/mol. The van der Waals surface area contributed by atoms with E-state index < -0.39 is 11.9 Å². The third-order valence-electron chi connectivity index (χ3n) is 2.23. The van der Waals surface area contributed by atoms with E-state index in [2.05, 4.69) is 0 Å². The quantitative estimate of drug-likeness (QED) is 0.767. The van der Waals surface area contributed by atoms with Crippen LogP contribution in [0.4, 0.5) is 0 Å². The van der Waals surface area contributed by atoms with Crippen molar-refractivity contribution in [1.29, 1.82) is 0 Å². The maximum Gasteiger partial charge on any atom is 0.339 e. The summed E-state index contributed by atoms with van der Waals surface area (Å²) in [6.45, 7) is 4.51. The Kier molecular flexibility index (Phi) is 4.10. The molecule has 0 amide bonds. The van der Waals surface area contributed by atoms with Crippen LogP contribution in [-0.4, -0.2) is 28.2 Å². The van der Waals surface area contributed by atoms with Gasteiger partial charge >= 0.3 is 11.9 Å². The molecule has 0 radical (unpaired) electrons. The monoisotopic (exact) mass is 225 g/mol. The lowest BCUT2D eigenvalue weighted by atomic mass is 10.2. The summed E-state index contributed by atoms with van der Waals surface area (Å²) in [6, 6.07) is 1.60. The van der Waals surface area contributed by atoms with Crippen molar-refractivity contribution < 1.29 is 19.4 Å². The Labute approximate surface area is 93.6 Å². The van der Waals surface area contributed by atoms with Gasteiger partial charge in [-0.1, -0.05) is 0 Å². The number of aromatic nitrogens is 1. The van der Waals surface area contributed by atoms with Crippen LogP contribution in [0, 0.1) is 0 Å². The van der Waals surface area contributed by atoms with Crippen LogP contribution >= 0.6 is 0 Å². The highest BCUT2D eigenvalue weighted by Gasteiger charge is 2.18. The first-order valence-electron chi connectivity index (χ1n) is 5.17. The summed E-state index contributed by atoms with van der Waals surface area (Å²) < 4.78 is 6.60. The number of rotatable bonds is 5. The van der Waals surface area contributed by atoms with Crippen LogP contribution in [0.15, 0.2) is 12.3 Å². The number of carboxylic acid groups (broad SMARTS) is 1. The molecule has 5 nitrogen and oxygen atoms in total. The molecule has 0 bridgehead atoms. The van der Waals surface area contributed by atoms with Gasteiger partial charge in [0.2, 0.25) is 0 Å².